The molecule has 0 saturated carbocycles. The van der Waals surface area contributed by atoms with Gasteiger partial charge in [0.15, 0.2) is 0 Å². The van der Waals surface area contributed by atoms with E-state index in [1.807, 2.05) is 18.3 Å². The van der Waals surface area contributed by atoms with Gasteiger partial charge in [0, 0.05) is 44.1 Å². The van der Waals surface area contributed by atoms with Gasteiger partial charge in [0.05, 0.1) is 0 Å². The van der Waals surface area contributed by atoms with Gasteiger partial charge in [0.1, 0.15) is 0 Å². The lowest BCUT2D eigenvalue weighted by molar-refractivity contribution is 0.841. The summed E-state index contributed by atoms with van der Waals surface area (Å²) in [6.45, 7) is 3.64. The van der Waals surface area contributed by atoms with E-state index in [2.05, 4.69) is 48.1 Å². The average Bonchev–Trinajstić information content (AvgIpc) is 2.45. The molecule has 1 aromatic carbocycles. The molecule has 0 aliphatic carbocycles. The molecule has 0 amide bonds. The van der Waals surface area contributed by atoms with Crippen LogP contribution in [-0.2, 0) is 13.0 Å². The van der Waals surface area contributed by atoms with Crippen molar-refractivity contribution in [1.29, 1.82) is 0 Å². The minimum Gasteiger partial charge on any atom is -0.374 e. The maximum absolute atomic E-state index is 5.83. The average molecular weight is 255 g/mol. The van der Waals surface area contributed by atoms with E-state index in [1.165, 1.54) is 16.8 Å². The number of aryl methyl sites for hydroxylation is 1. The first-order valence-electron chi connectivity index (χ1n) is 6.62. The molecule has 19 heavy (non-hydrogen) atoms. The van der Waals surface area contributed by atoms with Crippen LogP contribution in [0.5, 0.6) is 0 Å². The standard InChI is InChI=1S/C16H21N3/c1-13-6-5-7-14(12-17)16(13)19(2)11-9-15-8-3-4-10-18-15/h3-8,10H,9,11-12,17H2,1-2H3. The van der Waals surface area contributed by atoms with E-state index in [4.69, 9.17) is 5.73 Å². The van der Waals surface area contributed by atoms with Gasteiger partial charge in [-0.1, -0.05) is 24.3 Å². The predicted octanol–water partition coefficient (Wildman–Crippen LogP) is 2.53. The van der Waals surface area contributed by atoms with E-state index >= 15 is 0 Å². The summed E-state index contributed by atoms with van der Waals surface area (Å²) in [6.07, 6.45) is 2.78. The van der Waals surface area contributed by atoms with Crippen molar-refractivity contribution in [2.24, 2.45) is 5.73 Å². The van der Waals surface area contributed by atoms with Crippen LogP contribution in [0.15, 0.2) is 42.6 Å². The second-order valence-corrected chi connectivity index (χ2v) is 4.78. The normalized spacial score (nSPS) is 10.5. The highest BCUT2D eigenvalue weighted by atomic mass is 15.1. The summed E-state index contributed by atoms with van der Waals surface area (Å²) in [5.41, 5.74) is 10.7. The first kappa shape index (κ1) is 13.6. The second-order valence-electron chi connectivity index (χ2n) is 4.78. The molecule has 0 unspecified atom stereocenters. The third-order valence-electron chi connectivity index (χ3n) is 3.35. The lowest BCUT2D eigenvalue weighted by Crippen LogP contribution is -2.23. The largest absolute Gasteiger partial charge is 0.374 e. The van der Waals surface area contributed by atoms with Crippen molar-refractivity contribution in [1.82, 2.24) is 4.98 Å². The van der Waals surface area contributed by atoms with Crippen molar-refractivity contribution >= 4 is 5.69 Å². The van der Waals surface area contributed by atoms with Gasteiger partial charge in [-0.3, -0.25) is 4.98 Å². The van der Waals surface area contributed by atoms with Crippen LogP contribution in [0.2, 0.25) is 0 Å². The minimum atomic E-state index is 0.574. The molecule has 3 nitrogen and oxygen atoms in total. The molecular formula is C16H21N3. The summed E-state index contributed by atoms with van der Waals surface area (Å²) in [5.74, 6) is 0. The maximum Gasteiger partial charge on any atom is 0.0438 e. The Morgan fingerprint density at radius 2 is 2.00 bits per heavy atom. The number of hydrogen-bond acceptors (Lipinski definition) is 3. The number of anilines is 1. The van der Waals surface area contributed by atoms with Crippen LogP contribution in [-0.4, -0.2) is 18.6 Å². The minimum absolute atomic E-state index is 0.574. The van der Waals surface area contributed by atoms with Crippen LogP contribution >= 0.6 is 0 Å². The van der Waals surface area contributed by atoms with Gasteiger partial charge in [-0.25, -0.2) is 0 Å². The van der Waals surface area contributed by atoms with E-state index in [-0.39, 0.29) is 0 Å². The van der Waals surface area contributed by atoms with Crippen molar-refractivity contribution in [3.8, 4) is 0 Å². The summed E-state index contributed by atoms with van der Waals surface area (Å²) in [5, 5.41) is 0. The van der Waals surface area contributed by atoms with Crippen LogP contribution in [0.3, 0.4) is 0 Å². The van der Waals surface area contributed by atoms with Crippen LogP contribution < -0.4 is 10.6 Å². The van der Waals surface area contributed by atoms with Gasteiger partial charge in [-0.05, 0) is 30.2 Å². The summed E-state index contributed by atoms with van der Waals surface area (Å²) in [7, 11) is 2.12. The highest BCUT2D eigenvalue weighted by Crippen LogP contribution is 2.23. The maximum atomic E-state index is 5.83. The van der Waals surface area contributed by atoms with E-state index in [0.717, 1.165) is 18.7 Å². The van der Waals surface area contributed by atoms with Crippen LogP contribution in [0.25, 0.3) is 0 Å². The molecule has 2 aromatic rings. The quantitative estimate of drug-likeness (QED) is 0.892. The fourth-order valence-corrected chi connectivity index (χ4v) is 2.37. The fourth-order valence-electron chi connectivity index (χ4n) is 2.37. The van der Waals surface area contributed by atoms with Gasteiger partial charge in [-0.15, -0.1) is 0 Å². The first-order chi connectivity index (χ1) is 9.22. The van der Waals surface area contributed by atoms with Gasteiger partial charge >= 0.3 is 0 Å². The van der Waals surface area contributed by atoms with Crippen molar-refractivity contribution in [2.45, 2.75) is 19.9 Å². The summed E-state index contributed by atoms with van der Waals surface area (Å²) in [6, 6.07) is 12.3. The van der Waals surface area contributed by atoms with Crippen LogP contribution in [0, 0.1) is 6.92 Å². The van der Waals surface area contributed by atoms with Crippen molar-refractivity contribution in [3.63, 3.8) is 0 Å². The highest BCUT2D eigenvalue weighted by molar-refractivity contribution is 5.58. The number of likely N-dealkylation sites (N-methyl/N-ethyl adjacent to an activating group) is 1. The third-order valence-corrected chi connectivity index (χ3v) is 3.35. The lowest BCUT2D eigenvalue weighted by Gasteiger charge is -2.24. The van der Waals surface area contributed by atoms with E-state index in [0.29, 0.717) is 6.54 Å². The zero-order valence-electron chi connectivity index (χ0n) is 11.6. The molecular weight excluding hydrogens is 234 g/mol. The Morgan fingerprint density at radius 1 is 1.16 bits per heavy atom. The molecule has 100 valence electrons. The zero-order chi connectivity index (χ0) is 13.7. The predicted molar refractivity (Wildman–Crippen MR) is 80.3 cm³/mol. The Bertz CT molecular complexity index is 523. The Hall–Kier alpha value is -1.87. The molecule has 0 radical (unpaired) electrons. The molecule has 1 heterocycles. The Balaban J connectivity index is 2.10. The number of nitrogens with zero attached hydrogens (tertiary/aromatic N) is 2. The summed E-state index contributed by atoms with van der Waals surface area (Å²) >= 11 is 0. The summed E-state index contributed by atoms with van der Waals surface area (Å²) in [4.78, 5) is 6.63. The molecule has 0 aliphatic heterocycles. The Kier molecular flexibility index (Phi) is 4.53. The number of pyridine rings is 1. The second kappa shape index (κ2) is 6.34. The number of benzene rings is 1. The SMILES string of the molecule is Cc1cccc(CN)c1N(C)CCc1ccccn1. The molecule has 0 atom stereocenters. The molecule has 0 bridgehead atoms. The first-order valence-corrected chi connectivity index (χ1v) is 6.62. The molecule has 0 fully saturated rings. The molecule has 2 N–H and O–H groups in total. The van der Waals surface area contributed by atoms with Crippen LogP contribution in [0.4, 0.5) is 5.69 Å². The van der Waals surface area contributed by atoms with E-state index in [9.17, 15) is 0 Å². The van der Waals surface area contributed by atoms with Crippen molar-refractivity contribution in [3.05, 3.63) is 59.4 Å². The molecule has 0 aliphatic rings. The molecule has 1 aromatic heterocycles. The van der Waals surface area contributed by atoms with E-state index < -0.39 is 0 Å². The van der Waals surface area contributed by atoms with Crippen molar-refractivity contribution in [2.75, 3.05) is 18.5 Å². The fraction of sp³-hybridized carbons (Fsp3) is 0.312. The smallest absolute Gasteiger partial charge is 0.0438 e. The number of rotatable bonds is 5. The van der Waals surface area contributed by atoms with Gasteiger partial charge in [0.2, 0.25) is 0 Å². The van der Waals surface area contributed by atoms with E-state index in [1.54, 1.807) is 0 Å². The molecule has 0 saturated heterocycles. The number of para-hydroxylation sites is 1. The number of hydrogen-bond donors (Lipinski definition) is 1. The Labute approximate surface area is 115 Å². The summed E-state index contributed by atoms with van der Waals surface area (Å²) < 4.78 is 0. The molecule has 0 spiro atoms. The van der Waals surface area contributed by atoms with Crippen LogP contribution in [0.1, 0.15) is 16.8 Å². The number of nitrogens with two attached hydrogens (primary N) is 1. The highest BCUT2D eigenvalue weighted by Gasteiger charge is 2.09. The van der Waals surface area contributed by atoms with Gasteiger partial charge in [-0.2, -0.15) is 0 Å². The topological polar surface area (TPSA) is 42.1 Å². The van der Waals surface area contributed by atoms with Gasteiger partial charge < -0.3 is 10.6 Å². The Morgan fingerprint density at radius 3 is 2.68 bits per heavy atom. The molecule has 3 heteroatoms. The number of aromatic nitrogens is 1. The zero-order valence-corrected chi connectivity index (χ0v) is 11.6. The third kappa shape index (κ3) is 3.32. The lowest BCUT2D eigenvalue weighted by atomic mass is 10.1. The molecule has 2 rings (SSSR count). The monoisotopic (exact) mass is 255 g/mol. The van der Waals surface area contributed by atoms with Crippen molar-refractivity contribution < 1.29 is 0 Å². The van der Waals surface area contributed by atoms with Gasteiger partial charge in [0.25, 0.3) is 0 Å².